The Labute approximate surface area is 299 Å². The first-order valence-electron chi connectivity index (χ1n) is 17.7. The van der Waals surface area contributed by atoms with E-state index in [0.717, 1.165) is 44.6 Å². The van der Waals surface area contributed by atoms with Crippen LogP contribution in [-0.2, 0) is 0 Å². The summed E-state index contributed by atoms with van der Waals surface area (Å²) < 4.78 is 4.79. The minimum atomic E-state index is 0.646. The maximum atomic E-state index is 5.36. The molecule has 0 aliphatic heterocycles. The fourth-order valence-electron chi connectivity index (χ4n) is 8.29. The molecule has 4 heteroatoms. The summed E-state index contributed by atoms with van der Waals surface area (Å²) in [6.07, 6.45) is 0. The Morgan fingerprint density at radius 1 is 0.346 bits per heavy atom. The predicted molar refractivity (Wildman–Crippen MR) is 217 cm³/mol. The first kappa shape index (κ1) is 28.8. The Kier molecular flexibility index (Phi) is 6.22. The maximum absolute atomic E-state index is 5.36. The highest BCUT2D eigenvalue weighted by atomic mass is 15.2. The normalized spacial score (nSPS) is 11.8. The third-order valence-corrected chi connectivity index (χ3v) is 10.5. The quantitative estimate of drug-likeness (QED) is 0.188. The first-order chi connectivity index (χ1) is 25.8. The maximum Gasteiger partial charge on any atom is 0.235 e. The second-order valence-corrected chi connectivity index (χ2v) is 13.4. The lowest BCUT2D eigenvalue weighted by Gasteiger charge is -2.14. The van der Waals surface area contributed by atoms with Crippen LogP contribution in [0.4, 0.5) is 0 Å². The van der Waals surface area contributed by atoms with Crippen molar-refractivity contribution < 1.29 is 0 Å². The number of hydrogen-bond donors (Lipinski definition) is 0. The second-order valence-electron chi connectivity index (χ2n) is 13.4. The summed E-state index contributed by atoms with van der Waals surface area (Å²) in [5, 5.41) is 9.61. The number of hydrogen-bond acceptors (Lipinski definition) is 2. The third-order valence-electron chi connectivity index (χ3n) is 10.5. The Morgan fingerprint density at radius 2 is 0.846 bits per heavy atom. The van der Waals surface area contributed by atoms with Gasteiger partial charge in [0.1, 0.15) is 0 Å². The number of benzene rings is 8. The van der Waals surface area contributed by atoms with Crippen molar-refractivity contribution in [3.8, 4) is 34.2 Å². The van der Waals surface area contributed by atoms with Gasteiger partial charge in [-0.25, -0.2) is 9.97 Å². The van der Waals surface area contributed by atoms with Crippen molar-refractivity contribution in [2.75, 3.05) is 0 Å². The van der Waals surface area contributed by atoms with Crippen molar-refractivity contribution in [2.24, 2.45) is 0 Å². The van der Waals surface area contributed by atoms with E-state index in [9.17, 15) is 0 Å². The average molecular weight is 663 g/mol. The van der Waals surface area contributed by atoms with E-state index in [1.54, 1.807) is 0 Å². The number of para-hydroxylation sites is 2. The lowest BCUT2D eigenvalue weighted by molar-refractivity contribution is 0.998. The van der Waals surface area contributed by atoms with Crippen LogP contribution in [0.15, 0.2) is 182 Å². The summed E-state index contributed by atoms with van der Waals surface area (Å²) in [7, 11) is 0. The van der Waals surface area contributed by atoms with Gasteiger partial charge in [-0.2, -0.15) is 0 Å². The summed E-state index contributed by atoms with van der Waals surface area (Å²) in [4.78, 5) is 10.7. The topological polar surface area (TPSA) is 35.6 Å². The van der Waals surface area contributed by atoms with E-state index >= 15 is 0 Å². The molecule has 0 atom stereocenters. The summed E-state index contributed by atoms with van der Waals surface area (Å²) in [5.41, 5.74) is 9.59. The molecule has 0 aliphatic rings. The molecule has 0 unspecified atom stereocenters. The molecule has 0 radical (unpaired) electrons. The summed E-state index contributed by atoms with van der Waals surface area (Å²) in [5.74, 6) is 0.646. The number of aromatic nitrogens is 4. The van der Waals surface area contributed by atoms with Crippen molar-refractivity contribution in [1.82, 2.24) is 19.1 Å². The van der Waals surface area contributed by atoms with Gasteiger partial charge in [-0.3, -0.25) is 4.57 Å². The van der Waals surface area contributed by atoms with Gasteiger partial charge in [0.05, 0.1) is 33.5 Å². The molecule has 0 saturated carbocycles. The van der Waals surface area contributed by atoms with Gasteiger partial charge in [-0.15, -0.1) is 0 Å². The average Bonchev–Trinajstić information content (AvgIpc) is 3.76. The van der Waals surface area contributed by atoms with Crippen molar-refractivity contribution >= 4 is 65.2 Å². The van der Waals surface area contributed by atoms with Gasteiger partial charge in [0.15, 0.2) is 0 Å². The zero-order valence-electron chi connectivity index (χ0n) is 28.1. The molecule has 52 heavy (non-hydrogen) atoms. The van der Waals surface area contributed by atoms with Gasteiger partial charge >= 0.3 is 0 Å². The summed E-state index contributed by atoms with van der Waals surface area (Å²) in [6, 6.07) is 64.6. The van der Waals surface area contributed by atoms with E-state index in [4.69, 9.17) is 9.97 Å². The second kappa shape index (κ2) is 11.2. The fourth-order valence-corrected chi connectivity index (χ4v) is 8.29. The Balaban J connectivity index is 1.38. The molecule has 8 aromatic carbocycles. The molecule has 0 amide bonds. The van der Waals surface area contributed by atoms with Crippen LogP contribution < -0.4 is 0 Å². The molecule has 11 aromatic rings. The first-order valence-corrected chi connectivity index (χ1v) is 17.7. The molecular formula is C48H30N4. The fraction of sp³-hybridized carbons (Fsp3) is 0. The summed E-state index contributed by atoms with van der Waals surface area (Å²) in [6.45, 7) is 0. The highest BCUT2D eigenvalue weighted by Gasteiger charge is 2.26. The van der Waals surface area contributed by atoms with E-state index in [2.05, 4.69) is 179 Å². The lowest BCUT2D eigenvalue weighted by atomic mass is 9.98. The van der Waals surface area contributed by atoms with Crippen LogP contribution in [0.25, 0.3) is 99.3 Å². The van der Waals surface area contributed by atoms with Crippen molar-refractivity contribution in [2.45, 2.75) is 0 Å². The molecule has 0 spiro atoms. The smallest absolute Gasteiger partial charge is 0.235 e. The minimum Gasteiger partial charge on any atom is -0.308 e. The van der Waals surface area contributed by atoms with Gasteiger partial charge in [0, 0.05) is 54.5 Å². The molecule has 0 N–H and O–H groups in total. The van der Waals surface area contributed by atoms with Crippen molar-refractivity contribution in [1.29, 1.82) is 0 Å². The molecule has 0 saturated heterocycles. The van der Waals surface area contributed by atoms with E-state index < -0.39 is 0 Å². The van der Waals surface area contributed by atoms with Crippen LogP contribution >= 0.6 is 0 Å². The van der Waals surface area contributed by atoms with Crippen LogP contribution in [0, 0.1) is 0 Å². The van der Waals surface area contributed by atoms with Crippen molar-refractivity contribution in [3.05, 3.63) is 182 Å². The lowest BCUT2D eigenvalue weighted by Crippen LogP contribution is -2.04. The van der Waals surface area contributed by atoms with Gasteiger partial charge in [-0.1, -0.05) is 158 Å². The molecular weight excluding hydrogens is 633 g/mol. The Hall–Kier alpha value is -7.04. The highest BCUT2D eigenvalue weighted by Crippen LogP contribution is 2.48. The molecule has 3 aromatic heterocycles. The number of nitrogens with zero attached hydrogens (tertiary/aromatic N) is 4. The van der Waals surface area contributed by atoms with E-state index in [0.29, 0.717) is 5.95 Å². The van der Waals surface area contributed by atoms with Gasteiger partial charge in [-0.05, 0) is 29.7 Å². The van der Waals surface area contributed by atoms with Crippen LogP contribution in [-0.4, -0.2) is 19.1 Å². The molecule has 0 bridgehead atoms. The highest BCUT2D eigenvalue weighted by molar-refractivity contribution is 6.38. The van der Waals surface area contributed by atoms with E-state index in [1.165, 1.54) is 48.7 Å². The van der Waals surface area contributed by atoms with Crippen LogP contribution in [0.2, 0.25) is 0 Å². The van der Waals surface area contributed by atoms with E-state index in [-0.39, 0.29) is 0 Å². The minimum absolute atomic E-state index is 0.646. The third kappa shape index (κ3) is 4.15. The van der Waals surface area contributed by atoms with Gasteiger partial charge < -0.3 is 4.57 Å². The largest absolute Gasteiger partial charge is 0.308 e. The molecule has 3 heterocycles. The number of fused-ring (bicyclic) bond motifs is 12. The molecule has 0 aliphatic carbocycles. The number of rotatable bonds is 4. The standard InChI is InChI=1S/C48H30N4/c1-4-17-32(18-5-1)40-30-41(33-19-6-2-7-20-33)50-48(49-40)52-42-27-15-14-26-38(42)43-44-39-29-28-31-16-10-11-23-35(31)45(39)51(34-21-8-3-9-22-34)46(44)36-24-12-13-25-37(36)47(43)52/h1-30H. The van der Waals surface area contributed by atoms with E-state index in [1.807, 2.05) is 12.1 Å². The molecule has 4 nitrogen and oxygen atoms in total. The predicted octanol–water partition coefficient (Wildman–Crippen LogP) is 12.3. The van der Waals surface area contributed by atoms with Gasteiger partial charge in [0.2, 0.25) is 5.95 Å². The molecule has 0 fully saturated rings. The molecule has 11 rings (SSSR count). The van der Waals surface area contributed by atoms with Crippen LogP contribution in [0.1, 0.15) is 0 Å². The van der Waals surface area contributed by atoms with Crippen LogP contribution in [0.3, 0.4) is 0 Å². The Morgan fingerprint density at radius 3 is 1.50 bits per heavy atom. The SMILES string of the molecule is c1ccc(-c2cc(-c3ccccc3)nc(-n3c4ccccc4c4c5c6ccc7ccccc7c6n(-c6ccccc6)c5c5ccccc5c43)n2)cc1. The monoisotopic (exact) mass is 662 g/mol. The summed E-state index contributed by atoms with van der Waals surface area (Å²) >= 11 is 0. The zero-order valence-corrected chi connectivity index (χ0v) is 28.1. The Bertz CT molecular complexity index is 3100. The zero-order chi connectivity index (χ0) is 34.2. The van der Waals surface area contributed by atoms with Crippen LogP contribution in [0.5, 0.6) is 0 Å². The van der Waals surface area contributed by atoms with Crippen molar-refractivity contribution in [3.63, 3.8) is 0 Å². The molecule has 242 valence electrons. The van der Waals surface area contributed by atoms with Gasteiger partial charge in [0.25, 0.3) is 0 Å².